The number of benzene rings is 1. The van der Waals surface area contributed by atoms with Crippen LogP contribution in [0.5, 0.6) is 0 Å². The zero-order valence-electron chi connectivity index (χ0n) is 9.88. The van der Waals surface area contributed by atoms with Gasteiger partial charge in [-0.05, 0) is 24.3 Å². The number of nitrogen functional groups attached to an aromatic ring is 1. The molecule has 0 saturated carbocycles. The first kappa shape index (κ1) is 14.7. The van der Waals surface area contributed by atoms with E-state index in [4.69, 9.17) is 17.3 Å². The standard InChI is InChI=1S/C13H12BrClN2OS/c14-8-2-1-3-10(4-8)19-7-12(18)11-5-9(15)6-17-13(11)16/h1-6,12,18H,7H2,(H2,16,17). The largest absolute Gasteiger partial charge is 0.387 e. The highest BCUT2D eigenvalue weighted by Gasteiger charge is 2.13. The predicted octanol–water partition coefficient (Wildman–Crippen LogP) is 3.91. The van der Waals surface area contributed by atoms with E-state index in [1.54, 1.807) is 17.8 Å². The van der Waals surface area contributed by atoms with Gasteiger partial charge in [-0.3, -0.25) is 0 Å². The van der Waals surface area contributed by atoms with Crippen LogP contribution in [0, 0.1) is 0 Å². The van der Waals surface area contributed by atoms with E-state index in [0.717, 1.165) is 9.37 Å². The topological polar surface area (TPSA) is 59.1 Å². The average molecular weight is 360 g/mol. The first-order chi connectivity index (χ1) is 9.06. The lowest BCUT2D eigenvalue weighted by Crippen LogP contribution is -2.06. The molecule has 0 spiro atoms. The van der Waals surface area contributed by atoms with Gasteiger partial charge in [-0.2, -0.15) is 0 Å². The van der Waals surface area contributed by atoms with E-state index in [2.05, 4.69) is 20.9 Å². The maximum absolute atomic E-state index is 10.1. The number of thioether (sulfide) groups is 1. The molecule has 2 rings (SSSR count). The molecule has 1 heterocycles. The van der Waals surface area contributed by atoms with Crippen molar-refractivity contribution in [3.05, 3.63) is 51.6 Å². The van der Waals surface area contributed by atoms with E-state index >= 15 is 0 Å². The van der Waals surface area contributed by atoms with Gasteiger partial charge in [-0.1, -0.05) is 33.6 Å². The maximum atomic E-state index is 10.1. The average Bonchev–Trinajstić information content (AvgIpc) is 2.39. The Morgan fingerprint density at radius 1 is 1.42 bits per heavy atom. The van der Waals surface area contributed by atoms with Gasteiger partial charge in [0.2, 0.25) is 0 Å². The summed E-state index contributed by atoms with van der Waals surface area (Å²) in [6, 6.07) is 9.54. The molecule has 2 aromatic rings. The molecule has 0 aliphatic heterocycles. The van der Waals surface area contributed by atoms with E-state index in [1.165, 1.54) is 6.20 Å². The normalized spacial score (nSPS) is 12.4. The van der Waals surface area contributed by atoms with E-state index in [9.17, 15) is 5.11 Å². The van der Waals surface area contributed by atoms with Crippen LogP contribution in [-0.4, -0.2) is 15.8 Å². The summed E-state index contributed by atoms with van der Waals surface area (Å²) in [7, 11) is 0. The van der Waals surface area contributed by atoms with Crippen LogP contribution in [0.2, 0.25) is 5.02 Å². The number of aliphatic hydroxyl groups is 1. The zero-order valence-corrected chi connectivity index (χ0v) is 13.0. The Balaban J connectivity index is 2.05. The minimum Gasteiger partial charge on any atom is -0.387 e. The number of pyridine rings is 1. The summed E-state index contributed by atoms with van der Waals surface area (Å²) >= 11 is 10.8. The third-order valence-corrected chi connectivity index (χ3v) is 4.25. The maximum Gasteiger partial charge on any atom is 0.129 e. The van der Waals surface area contributed by atoms with Crippen molar-refractivity contribution in [2.75, 3.05) is 11.5 Å². The van der Waals surface area contributed by atoms with E-state index in [0.29, 0.717) is 22.2 Å². The Morgan fingerprint density at radius 2 is 2.21 bits per heavy atom. The molecule has 0 radical (unpaired) electrons. The fourth-order valence-corrected chi connectivity index (χ4v) is 3.19. The van der Waals surface area contributed by atoms with Crippen molar-refractivity contribution < 1.29 is 5.11 Å². The molecule has 1 atom stereocenters. The third-order valence-electron chi connectivity index (χ3n) is 2.48. The zero-order chi connectivity index (χ0) is 13.8. The smallest absolute Gasteiger partial charge is 0.129 e. The van der Waals surface area contributed by atoms with Gasteiger partial charge in [0.25, 0.3) is 0 Å². The molecule has 3 nitrogen and oxygen atoms in total. The molecule has 3 N–H and O–H groups in total. The van der Waals surface area contributed by atoms with Gasteiger partial charge in [0.05, 0.1) is 11.1 Å². The molecule has 0 amide bonds. The van der Waals surface area contributed by atoms with Crippen LogP contribution in [0.1, 0.15) is 11.7 Å². The van der Waals surface area contributed by atoms with E-state index in [-0.39, 0.29) is 0 Å². The Labute approximate surface area is 129 Å². The van der Waals surface area contributed by atoms with Crippen molar-refractivity contribution >= 4 is 45.1 Å². The van der Waals surface area contributed by atoms with Crippen LogP contribution < -0.4 is 5.73 Å². The van der Waals surface area contributed by atoms with Crippen molar-refractivity contribution in [2.45, 2.75) is 11.0 Å². The molecule has 0 saturated heterocycles. The molecule has 0 bridgehead atoms. The summed E-state index contributed by atoms with van der Waals surface area (Å²) in [5, 5.41) is 10.6. The lowest BCUT2D eigenvalue weighted by atomic mass is 10.1. The number of hydrogen-bond acceptors (Lipinski definition) is 4. The van der Waals surface area contributed by atoms with Gasteiger partial charge < -0.3 is 10.8 Å². The minimum absolute atomic E-state index is 0.312. The highest BCUT2D eigenvalue weighted by Crippen LogP contribution is 2.29. The van der Waals surface area contributed by atoms with Gasteiger partial charge in [0, 0.05) is 26.9 Å². The Bertz CT molecular complexity index is 582. The monoisotopic (exact) mass is 358 g/mol. The molecule has 1 aromatic carbocycles. The number of aromatic nitrogens is 1. The summed E-state index contributed by atoms with van der Waals surface area (Å²) in [6.45, 7) is 0. The Morgan fingerprint density at radius 3 is 2.95 bits per heavy atom. The second-order valence-corrected chi connectivity index (χ2v) is 6.36. The van der Waals surface area contributed by atoms with Gasteiger partial charge in [-0.25, -0.2) is 4.98 Å². The van der Waals surface area contributed by atoms with Gasteiger partial charge in [0.1, 0.15) is 5.82 Å². The number of halogens is 2. The fourth-order valence-electron chi connectivity index (χ4n) is 1.55. The second-order valence-electron chi connectivity index (χ2n) is 3.91. The first-order valence-corrected chi connectivity index (χ1v) is 7.69. The molecular weight excluding hydrogens is 348 g/mol. The molecule has 100 valence electrons. The van der Waals surface area contributed by atoms with Crippen LogP contribution in [-0.2, 0) is 0 Å². The van der Waals surface area contributed by atoms with Gasteiger partial charge >= 0.3 is 0 Å². The SMILES string of the molecule is Nc1ncc(Cl)cc1C(O)CSc1cccc(Br)c1. The van der Waals surface area contributed by atoms with Crippen LogP contribution in [0.4, 0.5) is 5.82 Å². The highest BCUT2D eigenvalue weighted by molar-refractivity contribution is 9.10. The second kappa shape index (κ2) is 6.61. The quantitative estimate of drug-likeness (QED) is 0.813. The molecule has 6 heteroatoms. The van der Waals surface area contributed by atoms with Crippen molar-refractivity contribution in [3.63, 3.8) is 0 Å². The summed E-state index contributed by atoms with van der Waals surface area (Å²) in [5.41, 5.74) is 6.30. The summed E-state index contributed by atoms with van der Waals surface area (Å²) < 4.78 is 1.01. The van der Waals surface area contributed by atoms with Crippen molar-refractivity contribution in [2.24, 2.45) is 0 Å². The highest BCUT2D eigenvalue weighted by atomic mass is 79.9. The molecular formula is C13H12BrClN2OS. The van der Waals surface area contributed by atoms with Crippen molar-refractivity contribution in [1.82, 2.24) is 4.98 Å². The number of nitrogens with zero attached hydrogens (tertiary/aromatic N) is 1. The number of nitrogens with two attached hydrogens (primary N) is 1. The lowest BCUT2D eigenvalue weighted by molar-refractivity contribution is 0.204. The summed E-state index contributed by atoms with van der Waals surface area (Å²) in [5.74, 6) is 0.801. The molecule has 0 aliphatic carbocycles. The minimum atomic E-state index is -0.699. The Kier molecular flexibility index (Phi) is 5.10. The fraction of sp³-hybridized carbons (Fsp3) is 0.154. The molecule has 1 unspecified atom stereocenters. The number of hydrogen-bond donors (Lipinski definition) is 2. The number of anilines is 1. The molecule has 19 heavy (non-hydrogen) atoms. The number of rotatable bonds is 4. The number of aliphatic hydroxyl groups excluding tert-OH is 1. The summed E-state index contributed by atoms with van der Waals surface area (Å²) in [4.78, 5) is 5.01. The van der Waals surface area contributed by atoms with Crippen LogP contribution in [0.25, 0.3) is 0 Å². The van der Waals surface area contributed by atoms with E-state index in [1.807, 2.05) is 24.3 Å². The van der Waals surface area contributed by atoms with Gasteiger partial charge in [0.15, 0.2) is 0 Å². The molecule has 1 aromatic heterocycles. The van der Waals surface area contributed by atoms with Crippen LogP contribution in [0.15, 0.2) is 45.9 Å². The Hall–Kier alpha value is -0.750. The molecule has 0 fully saturated rings. The van der Waals surface area contributed by atoms with Crippen LogP contribution in [0.3, 0.4) is 0 Å². The third kappa shape index (κ3) is 4.11. The van der Waals surface area contributed by atoms with Gasteiger partial charge in [-0.15, -0.1) is 11.8 Å². The van der Waals surface area contributed by atoms with Crippen molar-refractivity contribution in [1.29, 1.82) is 0 Å². The summed E-state index contributed by atoms with van der Waals surface area (Å²) in [6.07, 6.45) is 0.768. The van der Waals surface area contributed by atoms with Crippen molar-refractivity contribution in [3.8, 4) is 0 Å². The predicted molar refractivity (Wildman–Crippen MR) is 83.5 cm³/mol. The molecule has 0 aliphatic rings. The van der Waals surface area contributed by atoms with Crippen LogP contribution >= 0.6 is 39.3 Å². The first-order valence-electron chi connectivity index (χ1n) is 5.53. The van der Waals surface area contributed by atoms with E-state index < -0.39 is 6.10 Å². The lowest BCUT2D eigenvalue weighted by Gasteiger charge is -2.12.